The van der Waals surface area contributed by atoms with Gasteiger partial charge in [0.1, 0.15) is 5.84 Å². The summed E-state index contributed by atoms with van der Waals surface area (Å²) in [5, 5.41) is 1.04. The number of hydrogen-bond donors (Lipinski definition) is 0. The fourth-order valence-electron chi connectivity index (χ4n) is 1.88. The summed E-state index contributed by atoms with van der Waals surface area (Å²) in [6.07, 6.45) is 0.0392. The van der Waals surface area contributed by atoms with Crippen LogP contribution in [0.5, 0.6) is 5.75 Å². The molecule has 18 heavy (non-hydrogen) atoms. The van der Waals surface area contributed by atoms with Crippen LogP contribution in [0.1, 0.15) is 19.4 Å². The van der Waals surface area contributed by atoms with Crippen LogP contribution in [0, 0.1) is 0 Å². The second-order valence-corrected chi connectivity index (χ2v) is 5.38. The Morgan fingerprint density at radius 2 is 1.89 bits per heavy atom. The Labute approximate surface area is 117 Å². The minimum Gasteiger partial charge on any atom is -0.488 e. The largest absolute Gasteiger partial charge is 0.488 e. The van der Waals surface area contributed by atoms with Gasteiger partial charge >= 0.3 is 0 Å². The van der Waals surface area contributed by atoms with Crippen molar-refractivity contribution in [2.75, 3.05) is 20.1 Å². The summed E-state index contributed by atoms with van der Waals surface area (Å²) >= 11 is 12.4. The summed E-state index contributed by atoms with van der Waals surface area (Å²) < 4.78 is 5.60. The quantitative estimate of drug-likeness (QED) is 0.850. The zero-order chi connectivity index (χ0) is 13.3. The van der Waals surface area contributed by atoms with E-state index in [0.29, 0.717) is 15.8 Å². The van der Waals surface area contributed by atoms with E-state index in [-0.39, 0.29) is 6.10 Å². The molecule has 0 bridgehead atoms. The fraction of sp³-hybridized carbons (Fsp3) is 0.462. The van der Waals surface area contributed by atoms with E-state index in [4.69, 9.17) is 27.9 Å². The van der Waals surface area contributed by atoms with Gasteiger partial charge in [0.05, 0.1) is 22.7 Å². The van der Waals surface area contributed by atoms with Gasteiger partial charge in [-0.05, 0) is 26.0 Å². The Hall–Kier alpha value is -0.930. The molecular formula is C13H16Cl2N2O. The minimum atomic E-state index is 0.0392. The maximum absolute atomic E-state index is 6.22. The third kappa shape index (κ3) is 2.73. The van der Waals surface area contributed by atoms with E-state index in [2.05, 4.69) is 9.89 Å². The van der Waals surface area contributed by atoms with Crippen LogP contribution in [0.4, 0.5) is 0 Å². The summed E-state index contributed by atoms with van der Waals surface area (Å²) in [4.78, 5) is 6.53. The van der Waals surface area contributed by atoms with Crippen molar-refractivity contribution >= 4 is 29.0 Å². The number of amidine groups is 1. The van der Waals surface area contributed by atoms with Gasteiger partial charge in [-0.2, -0.15) is 0 Å². The van der Waals surface area contributed by atoms with Crippen LogP contribution < -0.4 is 4.74 Å². The Morgan fingerprint density at radius 3 is 2.33 bits per heavy atom. The number of nitrogens with zero attached hydrogens (tertiary/aromatic N) is 2. The lowest BCUT2D eigenvalue weighted by Gasteiger charge is -2.17. The zero-order valence-corrected chi connectivity index (χ0v) is 12.2. The second kappa shape index (κ2) is 5.37. The second-order valence-electron chi connectivity index (χ2n) is 4.56. The molecule has 1 heterocycles. The molecule has 0 radical (unpaired) electrons. The third-order valence-corrected chi connectivity index (χ3v) is 3.23. The van der Waals surface area contributed by atoms with Gasteiger partial charge in [-0.15, -0.1) is 0 Å². The van der Waals surface area contributed by atoms with Gasteiger partial charge in [0.2, 0.25) is 0 Å². The Balaban J connectivity index is 2.36. The van der Waals surface area contributed by atoms with Crippen molar-refractivity contribution in [3.63, 3.8) is 0 Å². The van der Waals surface area contributed by atoms with E-state index in [9.17, 15) is 0 Å². The predicted octanol–water partition coefficient (Wildman–Crippen LogP) is 3.47. The number of hydrogen-bond acceptors (Lipinski definition) is 3. The molecule has 0 saturated carbocycles. The van der Waals surface area contributed by atoms with Gasteiger partial charge in [0.25, 0.3) is 0 Å². The van der Waals surface area contributed by atoms with Crippen molar-refractivity contribution in [2.45, 2.75) is 20.0 Å². The molecule has 0 aromatic heterocycles. The topological polar surface area (TPSA) is 24.8 Å². The van der Waals surface area contributed by atoms with Crippen LogP contribution >= 0.6 is 23.2 Å². The smallest absolute Gasteiger partial charge is 0.156 e. The lowest BCUT2D eigenvalue weighted by atomic mass is 10.2. The first-order chi connectivity index (χ1) is 8.49. The van der Waals surface area contributed by atoms with E-state index in [1.165, 1.54) is 0 Å². The molecule has 0 fully saturated rings. The summed E-state index contributed by atoms with van der Waals surface area (Å²) in [5.41, 5.74) is 0.932. The van der Waals surface area contributed by atoms with Gasteiger partial charge in [0, 0.05) is 19.2 Å². The third-order valence-electron chi connectivity index (χ3n) is 2.67. The average Bonchev–Trinajstić information content (AvgIpc) is 2.69. The van der Waals surface area contributed by atoms with Crippen molar-refractivity contribution < 1.29 is 4.74 Å². The molecule has 0 atom stereocenters. The van der Waals surface area contributed by atoms with Crippen molar-refractivity contribution in [1.29, 1.82) is 0 Å². The normalized spacial score (nSPS) is 15.2. The summed E-state index contributed by atoms with van der Waals surface area (Å²) in [5.74, 6) is 1.47. The standard InChI is InChI=1S/C13H16Cl2N2O/c1-8(2)18-12-10(14)6-9(7-11(12)15)13-16-4-5-17(13)3/h6-8H,4-5H2,1-3H3. The molecule has 0 saturated heterocycles. The molecule has 5 heteroatoms. The molecule has 1 aromatic rings. The van der Waals surface area contributed by atoms with Crippen LogP contribution in [-0.2, 0) is 0 Å². The van der Waals surface area contributed by atoms with E-state index in [0.717, 1.165) is 24.5 Å². The van der Waals surface area contributed by atoms with E-state index in [1.807, 2.05) is 33.0 Å². The molecule has 0 spiro atoms. The molecule has 1 aliphatic rings. The molecule has 2 rings (SSSR count). The first-order valence-electron chi connectivity index (χ1n) is 5.90. The molecule has 0 unspecified atom stereocenters. The lowest BCUT2D eigenvalue weighted by Crippen LogP contribution is -2.23. The van der Waals surface area contributed by atoms with Crippen LogP contribution in [-0.4, -0.2) is 37.0 Å². The van der Waals surface area contributed by atoms with E-state index < -0.39 is 0 Å². The van der Waals surface area contributed by atoms with Crippen molar-refractivity contribution in [3.8, 4) is 5.75 Å². The molecule has 1 aromatic carbocycles. The highest BCUT2D eigenvalue weighted by atomic mass is 35.5. The van der Waals surface area contributed by atoms with E-state index >= 15 is 0 Å². The Bertz CT molecular complexity index is 463. The summed E-state index contributed by atoms with van der Waals surface area (Å²) in [7, 11) is 2.01. The molecule has 0 aliphatic carbocycles. The molecule has 3 nitrogen and oxygen atoms in total. The minimum absolute atomic E-state index is 0.0392. The van der Waals surface area contributed by atoms with Crippen LogP contribution in [0.3, 0.4) is 0 Å². The number of rotatable bonds is 3. The average molecular weight is 287 g/mol. The molecule has 0 N–H and O–H groups in total. The van der Waals surface area contributed by atoms with Crippen molar-refractivity contribution in [3.05, 3.63) is 27.7 Å². The predicted molar refractivity (Wildman–Crippen MR) is 76.3 cm³/mol. The molecule has 98 valence electrons. The van der Waals surface area contributed by atoms with Gasteiger partial charge in [-0.3, -0.25) is 4.99 Å². The number of aliphatic imine (C=N–C) groups is 1. The first kappa shape index (κ1) is 13.5. The molecule has 0 amide bonds. The zero-order valence-electron chi connectivity index (χ0n) is 10.7. The SMILES string of the molecule is CC(C)Oc1c(Cl)cc(C2=NCCN2C)cc1Cl. The van der Waals surface area contributed by atoms with Gasteiger partial charge in [0.15, 0.2) is 5.75 Å². The number of ether oxygens (including phenoxy) is 1. The monoisotopic (exact) mass is 286 g/mol. The number of likely N-dealkylation sites (N-methyl/N-ethyl adjacent to an activating group) is 1. The highest BCUT2D eigenvalue weighted by Gasteiger charge is 2.18. The van der Waals surface area contributed by atoms with E-state index in [1.54, 1.807) is 0 Å². The summed E-state index contributed by atoms with van der Waals surface area (Å²) in [6, 6.07) is 3.71. The van der Waals surface area contributed by atoms with Crippen molar-refractivity contribution in [1.82, 2.24) is 4.90 Å². The maximum Gasteiger partial charge on any atom is 0.156 e. The number of benzene rings is 1. The highest BCUT2D eigenvalue weighted by molar-refractivity contribution is 6.37. The van der Waals surface area contributed by atoms with Crippen LogP contribution in [0.15, 0.2) is 17.1 Å². The Morgan fingerprint density at radius 1 is 1.28 bits per heavy atom. The highest BCUT2D eigenvalue weighted by Crippen LogP contribution is 2.35. The van der Waals surface area contributed by atoms with Crippen molar-refractivity contribution in [2.24, 2.45) is 4.99 Å². The lowest BCUT2D eigenvalue weighted by molar-refractivity contribution is 0.242. The van der Waals surface area contributed by atoms with Gasteiger partial charge < -0.3 is 9.64 Å². The molecule has 1 aliphatic heterocycles. The molecular weight excluding hydrogens is 271 g/mol. The van der Waals surface area contributed by atoms with Crippen LogP contribution in [0.25, 0.3) is 0 Å². The maximum atomic E-state index is 6.22. The fourth-order valence-corrected chi connectivity index (χ4v) is 2.46. The Kier molecular flexibility index (Phi) is 4.03. The van der Waals surface area contributed by atoms with Gasteiger partial charge in [-0.1, -0.05) is 23.2 Å². The summed E-state index contributed by atoms with van der Waals surface area (Å²) in [6.45, 7) is 5.62. The first-order valence-corrected chi connectivity index (χ1v) is 6.66. The number of halogens is 2. The van der Waals surface area contributed by atoms with Gasteiger partial charge in [-0.25, -0.2) is 0 Å². The van der Waals surface area contributed by atoms with Crippen LogP contribution in [0.2, 0.25) is 10.0 Å².